The third kappa shape index (κ3) is 4.45. The highest BCUT2D eigenvalue weighted by Crippen LogP contribution is 2.40. The summed E-state index contributed by atoms with van der Waals surface area (Å²) in [6, 6.07) is 66.0. The van der Waals surface area contributed by atoms with Crippen LogP contribution in [0.1, 0.15) is 11.1 Å². The SMILES string of the molecule is N#Cc1ccc2c3ccccc3n(-c3ccc(-c4ccc(-n5c6ccccc6c6cccc(-n7c8ccccc8c8ccccc87)c65)cc4)cc3C#N)c2c1. The van der Waals surface area contributed by atoms with Crippen LogP contribution in [0.4, 0.5) is 0 Å². The Kier molecular flexibility index (Phi) is 6.61. The second-order valence-electron chi connectivity index (χ2n) is 14.0. The van der Waals surface area contributed by atoms with E-state index in [1.165, 1.54) is 32.6 Å². The number of hydrogen-bond donors (Lipinski definition) is 0. The van der Waals surface area contributed by atoms with E-state index >= 15 is 0 Å². The monoisotopic (exact) mass is 699 g/mol. The summed E-state index contributed by atoms with van der Waals surface area (Å²) in [5, 5.41) is 27.2. The number of aromatic nitrogens is 3. The Bertz CT molecular complexity index is 3400. The van der Waals surface area contributed by atoms with Crippen molar-refractivity contribution in [2.75, 3.05) is 0 Å². The van der Waals surface area contributed by atoms with Gasteiger partial charge in [-0.3, -0.25) is 0 Å². The molecule has 0 saturated heterocycles. The molecule has 5 nitrogen and oxygen atoms in total. The minimum atomic E-state index is 0.560. The summed E-state index contributed by atoms with van der Waals surface area (Å²) in [5.41, 5.74) is 12.6. The largest absolute Gasteiger partial charge is 0.308 e. The van der Waals surface area contributed by atoms with Crippen molar-refractivity contribution in [2.24, 2.45) is 0 Å². The number of benzene rings is 8. The highest BCUT2D eigenvalue weighted by atomic mass is 15.1. The highest BCUT2D eigenvalue weighted by molar-refractivity contribution is 6.15. The summed E-state index contributed by atoms with van der Waals surface area (Å²) in [5.74, 6) is 0. The van der Waals surface area contributed by atoms with E-state index in [-0.39, 0.29) is 0 Å². The summed E-state index contributed by atoms with van der Waals surface area (Å²) in [6.07, 6.45) is 0. The summed E-state index contributed by atoms with van der Waals surface area (Å²) in [4.78, 5) is 0. The van der Waals surface area contributed by atoms with Gasteiger partial charge >= 0.3 is 0 Å². The van der Waals surface area contributed by atoms with Gasteiger partial charge in [-0.05, 0) is 77.9 Å². The molecule has 5 heteroatoms. The lowest BCUT2D eigenvalue weighted by atomic mass is 10.0. The van der Waals surface area contributed by atoms with E-state index in [0.29, 0.717) is 11.1 Å². The van der Waals surface area contributed by atoms with Crippen LogP contribution in [0.3, 0.4) is 0 Å². The summed E-state index contributed by atoms with van der Waals surface area (Å²) >= 11 is 0. The lowest BCUT2D eigenvalue weighted by Gasteiger charge is -2.15. The molecular formula is C50H29N5. The Labute approximate surface area is 316 Å². The van der Waals surface area contributed by atoms with Crippen molar-refractivity contribution in [3.63, 3.8) is 0 Å². The number of para-hydroxylation sites is 5. The van der Waals surface area contributed by atoms with Gasteiger partial charge in [0, 0.05) is 38.0 Å². The van der Waals surface area contributed by atoms with Gasteiger partial charge in [0.15, 0.2) is 0 Å². The zero-order valence-corrected chi connectivity index (χ0v) is 29.5. The van der Waals surface area contributed by atoms with Gasteiger partial charge in [0.2, 0.25) is 0 Å². The molecule has 3 aromatic heterocycles. The molecule has 0 bridgehead atoms. The van der Waals surface area contributed by atoms with E-state index in [1.807, 2.05) is 42.5 Å². The van der Waals surface area contributed by atoms with Gasteiger partial charge in [-0.15, -0.1) is 0 Å². The average Bonchev–Trinajstić information content (AvgIpc) is 3.89. The first-order valence-electron chi connectivity index (χ1n) is 18.3. The van der Waals surface area contributed by atoms with Gasteiger partial charge in [-0.25, -0.2) is 0 Å². The second-order valence-corrected chi connectivity index (χ2v) is 14.0. The van der Waals surface area contributed by atoms with Gasteiger partial charge in [-0.1, -0.05) is 109 Å². The van der Waals surface area contributed by atoms with Gasteiger partial charge in [0.05, 0.1) is 61.7 Å². The van der Waals surface area contributed by atoms with E-state index in [4.69, 9.17) is 0 Å². The maximum atomic E-state index is 10.5. The number of rotatable bonds is 4. The third-order valence-corrected chi connectivity index (χ3v) is 11.1. The molecule has 0 amide bonds. The Balaban J connectivity index is 1.07. The molecule has 8 aromatic carbocycles. The molecule has 11 aromatic rings. The fourth-order valence-corrected chi connectivity index (χ4v) is 8.73. The van der Waals surface area contributed by atoms with Crippen LogP contribution in [0.5, 0.6) is 0 Å². The van der Waals surface area contributed by atoms with Crippen molar-refractivity contribution in [1.82, 2.24) is 13.7 Å². The van der Waals surface area contributed by atoms with E-state index < -0.39 is 0 Å². The molecular weight excluding hydrogens is 671 g/mol. The maximum Gasteiger partial charge on any atom is 0.101 e. The van der Waals surface area contributed by atoms with Crippen LogP contribution in [-0.2, 0) is 0 Å². The van der Waals surface area contributed by atoms with E-state index in [9.17, 15) is 10.5 Å². The molecule has 0 N–H and O–H groups in total. The summed E-state index contributed by atoms with van der Waals surface area (Å²) in [7, 11) is 0. The number of nitrogens with zero attached hydrogens (tertiary/aromatic N) is 5. The summed E-state index contributed by atoms with van der Waals surface area (Å²) < 4.78 is 6.89. The first-order chi connectivity index (χ1) is 27.2. The maximum absolute atomic E-state index is 10.5. The average molecular weight is 700 g/mol. The van der Waals surface area contributed by atoms with Crippen molar-refractivity contribution < 1.29 is 0 Å². The second kappa shape index (κ2) is 11.8. The quantitative estimate of drug-likeness (QED) is 0.184. The zero-order valence-electron chi connectivity index (χ0n) is 29.5. The Morgan fingerprint density at radius 1 is 0.345 bits per heavy atom. The first kappa shape index (κ1) is 30.7. The minimum Gasteiger partial charge on any atom is -0.308 e. The normalized spacial score (nSPS) is 11.6. The lowest BCUT2D eigenvalue weighted by Crippen LogP contribution is -2.00. The molecule has 3 heterocycles. The Morgan fingerprint density at radius 3 is 1.45 bits per heavy atom. The highest BCUT2D eigenvalue weighted by Gasteiger charge is 2.20. The van der Waals surface area contributed by atoms with Crippen molar-refractivity contribution in [3.8, 4) is 40.3 Å². The molecule has 0 spiro atoms. The van der Waals surface area contributed by atoms with Crippen molar-refractivity contribution in [3.05, 3.63) is 187 Å². The van der Waals surface area contributed by atoms with Gasteiger partial charge in [0.25, 0.3) is 0 Å². The molecule has 0 saturated carbocycles. The molecule has 0 aliphatic rings. The fourth-order valence-electron chi connectivity index (χ4n) is 8.73. The molecule has 0 aliphatic heterocycles. The van der Waals surface area contributed by atoms with Gasteiger partial charge in [0.1, 0.15) is 6.07 Å². The van der Waals surface area contributed by atoms with Crippen LogP contribution >= 0.6 is 0 Å². The molecule has 254 valence electrons. The van der Waals surface area contributed by atoms with Gasteiger partial charge < -0.3 is 13.7 Å². The molecule has 55 heavy (non-hydrogen) atoms. The number of nitriles is 2. The van der Waals surface area contributed by atoms with Gasteiger partial charge in [-0.2, -0.15) is 10.5 Å². The molecule has 0 fully saturated rings. The molecule has 0 atom stereocenters. The van der Waals surface area contributed by atoms with E-state index in [1.54, 1.807) is 0 Å². The third-order valence-electron chi connectivity index (χ3n) is 11.1. The van der Waals surface area contributed by atoms with Crippen LogP contribution in [-0.4, -0.2) is 13.7 Å². The van der Waals surface area contributed by atoms with Crippen LogP contribution in [0.25, 0.3) is 93.6 Å². The van der Waals surface area contributed by atoms with Crippen LogP contribution in [0.2, 0.25) is 0 Å². The summed E-state index contributed by atoms with van der Waals surface area (Å²) in [6.45, 7) is 0. The predicted molar refractivity (Wildman–Crippen MR) is 224 cm³/mol. The molecule has 0 aliphatic carbocycles. The van der Waals surface area contributed by atoms with Crippen molar-refractivity contribution in [2.45, 2.75) is 0 Å². The van der Waals surface area contributed by atoms with E-state index in [2.05, 4.69) is 159 Å². The van der Waals surface area contributed by atoms with Crippen molar-refractivity contribution in [1.29, 1.82) is 10.5 Å². The predicted octanol–water partition coefficient (Wildman–Crippen LogP) is 12.4. The van der Waals surface area contributed by atoms with Crippen molar-refractivity contribution >= 4 is 65.4 Å². The lowest BCUT2D eigenvalue weighted by molar-refractivity contribution is 1.13. The minimum absolute atomic E-state index is 0.560. The molecule has 11 rings (SSSR count). The smallest absolute Gasteiger partial charge is 0.101 e. The van der Waals surface area contributed by atoms with Crippen LogP contribution in [0.15, 0.2) is 176 Å². The number of fused-ring (bicyclic) bond motifs is 9. The van der Waals surface area contributed by atoms with E-state index in [0.717, 1.165) is 61.0 Å². The fraction of sp³-hybridized carbons (Fsp3) is 0. The van der Waals surface area contributed by atoms with Crippen LogP contribution in [0, 0.1) is 22.7 Å². The first-order valence-corrected chi connectivity index (χ1v) is 18.3. The standard InChI is InChI=1S/C50H29N5/c51-30-32-20-26-41-39-12-3-6-16-45(39)54(49(41)28-32)43-27-23-34(29-35(43)31-52)33-21-24-36(25-22-33)53-44-15-5-4-13-40(44)42-14-9-19-48(50(42)53)55-46-17-7-1-10-37(46)38-11-2-8-18-47(38)55/h1-29H. The topological polar surface area (TPSA) is 62.4 Å². The Morgan fingerprint density at radius 2 is 0.855 bits per heavy atom. The molecule has 0 radical (unpaired) electrons. The van der Waals surface area contributed by atoms with Crippen LogP contribution < -0.4 is 0 Å². The molecule has 0 unspecified atom stereocenters. The zero-order chi connectivity index (χ0) is 36.6. The number of hydrogen-bond acceptors (Lipinski definition) is 2. The Hall–Kier alpha value is -7.86.